The second-order valence-corrected chi connectivity index (χ2v) is 6.84. The third-order valence-corrected chi connectivity index (χ3v) is 4.33. The lowest BCUT2D eigenvalue weighted by Gasteiger charge is -2.17. The molecule has 0 amide bonds. The highest BCUT2D eigenvalue weighted by molar-refractivity contribution is 9.10. The Labute approximate surface area is 112 Å². The van der Waals surface area contributed by atoms with Gasteiger partial charge < -0.3 is 5.11 Å². The van der Waals surface area contributed by atoms with E-state index in [1.807, 2.05) is 6.07 Å². The predicted octanol–water partition coefficient (Wildman–Crippen LogP) is 4.32. The second-order valence-electron chi connectivity index (χ2n) is 4.76. The molecule has 0 bridgehead atoms. The van der Waals surface area contributed by atoms with E-state index in [1.165, 1.54) is 10.1 Å². The van der Waals surface area contributed by atoms with Gasteiger partial charge in [0.2, 0.25) is 0 Å². The Morgan fingerprint density at radius 2 is 2.12 bits per heavy atom. The minimum atomic E-state index is -0.754. The van der Waals surface area contributed by atoms with E-state index in [1.54, 1.807) is 25.2 Å². The van der Waals surface area contributed by atoms with Gasteiger partial charge in [0.1, 0.15) is 0 Å². The summed E-state index contributed by atoms with van der Waals surface area (Å²) in [5.74, 6) is -0.754. The average Bonchev–Trinajstić information content (AvgIpc) is 2.57. The lowest BCUT2D eigenvalue weighted by atomic mass is 9.89. The maximum absolute atomic E-state index is 11.1. The molecule has 1 heterocycles. The molecular formula is C13H13BrO2S. The van der Waals surface area contributed by atoms with Crippen LogP contribution >= 0.6 is 27.3 Å². The maximum Gasteiger partial charge on any atom is 0.309 e. The van der Waals surface area contributed by atoms with Crippen molar-refractivity contribution in [3.8, 4) is 0 Å². The van der Waals surface area contributed by atoms with Crippen LogP contribution in [0.15, 0.2) is 28.7 Å². The number of carboxylic acid groups (broad SMARTS) is 1. The quantitative estimate of drug-likeness (QED) is 0.916. The fraction of sp³-hybridized carbons (Fsp3) is 0.308. The molecule has 0 spiro atoms. The summed E-state index contributed by atoms with van der Waals surface area (Å²) in [7, 11) is 0. The van der Waals surface area contributed by atoms with Crippen molar-refractivity contribution >= 4 is 43.3 Å². The number of carbonyl (C=O) groups is 1. The van der Waals surface area contributed by atoms with E-state index >= 15 is 0 Å². The Kier molecular flexibility index (Phi) is 3.27. The van der Waals surface area contributed by atoms with Crippen LogP contribution in [0.2, 0.25) is 0 Å². The molecule has 0 fully saturated rings. The van der Waals surface area contributed by atoms with Gasteiger partial charge in [-0.05, 0) is 49.9 Å². The molecule has 2 rings (SSSR count). The Balaban J connectivity index is 2.34. The topological polar surface area (TPSA) is 37.3 Å². The molecule has 17 heavy (non-hydrogen) atoms. The number of benzene rings is 1. The largest absolute Gasteiger partial charge is 0.481 e. The SMILES string of the molecule is CC(C)(Cc1cc2cc(Br)ccc2s1)C(=O)O. The molecule has 90 valence electrons. The van der Waals surface area contributed by atoms with E-state index in [0.717, 1.165) is 9.35 Å². The first-order valence-electron chi connectivity index (χ1n) is 5.30. The zero-order chi connectivity index (χ0) is 12.6. The first kappa shape index (κ1) is 12.6. The summed E-state index contributed by atoms with van der Waals surface area (Å²) in [6.45, 7) is 3.52. The number of rotatable bonds is 3. The highest BCUT2D eigenvalue weighted by Gasteiger charge is 2.28. The van der Waals surface area contributed by atoms with E-state index in [2.05, 4.69) is 34.1 Å². The summed E-state index contributed by atoms with van der Waals surface area (Å²) in [5.41, 5.74) is -0.710. The smallest absolute Gasteiger partial charge is 0.309 e. The Bertz CT molecular complexity index is 572. The zero-order valence-electron chi connectivity index (χ0n) is 9.66. The van der Waals surface area contributed by atoms with Crippen molar-refractivity contribution in [1.82, 2.24) is 0 Å². The van der Waals surface area contributed by atoms with Gasteiger partial charge in [-0.25, -0.2) is 0 Å². The molecule has 2 nitrogen and oxygen atoms in total. The summed E-state index contributed by atoms with van der Waals surface area (Å²) in [6.07, 6.45) is 0.569. The third-order valence-electron chi connectivity index (χ3n) is 2.72. The highest BCUT2D eigenvalue weighted by Crippen LogP contribution is 2.32. The fourth-order valence-corrected chi connectivity index (χ4v) is 3.32. The van der Waals surface area contributed by atoms with Crippen LogP contribution in [-0.4, -0.2) is 11.1 Å². The monoisotopic (exact) mass is 312 g/mol. The van der Waals surface area contributed by atoms with Gasteiger partial charge in [-0.3, -0.25) is 4.79 Å². The molecular weight excluding hydrogens is 300 g/mol. The van der Waals surface area contributed by atoms with Gasteiger partial charge in [0.05, 0.1) is 5.41 Å². The van der Waals surface area contributed by atoms with Crippen molar-refractivity contribution in [1.29, 1.82) is 0 Å². The number of fused-ring (bicyclic) bond motifs is 1. The minimum Gasteiger partial charge on any atom is -0.481 e. The molecule has 0 unspecified atom stereocenters. The fourth-order valence-electron chi connectivity index (χ4n) is 1.67. The van der Waals surface area contributed by atoms with Crippen LogP contribution in [0.1, 0.15) is 18.7 Å². The molecule has 2 aromatic rings. The van der Waals surface area contributed by atoms with Crippen molar-refractivity contribution in [2.24, 2.45) is 5.41 Å². The van der Waals surface area contributed by atoms with Crippen LogP contribution in [0, 0.1) is 5.41 Å². The molecule has 0 aliphatic rings. The summed E-state index contributed by atoms with van der Waals surface area (Å²) in [5, 5.41) is 10.3. The predicted molar refractivity (Wildman–Crippen MR) is 74.6 cm³/mol. The van der Waals surface area contributed by atoms with Gasteiger partial charge in [0.15, 0.2) is 0 Å². The summed E-state index contributed by atoms with van der Waals surface area (Å²) in [4.78, 5) is 12.2. The third kappa shape index (κ3) is 2.69. The molecule has 1 aromatic heterocycles. The number of halogens is 1. The van der Waals surface area contributed by atoms with E-state index in [4.69, 9.17) is 5.11 Å². The first-order valence-corrected chi connectivity index (χ1v) is 6.91. The maximum atomic E-state index is 11.1. The van der Waals surface area contributed by atoms with E-state index in [9.17, 15) is 4.79 Å². The van der Waals surface area contributed by atoms with Crippen LogP contribution in [0.5, 0.6) is 0 Å². The van der Waals surface area contributed by atoms with Crippen LogP contribution in [0.25, 0.3) is 10.1 Å². The van der Waals surface area contributed by atoms with Crippen LogP contribution < -0.4 is 0 Å². The van der Waals surface area contributed by atoms with Gasteiger partial charge in [-0.15, -0.1) is 11.3 Å². The first-order chi connectivity index (χ1) is 7.88. The molecule has 4 heteroatoms. The van der Waals surface area contributed by atoms with Crippen molar-refractivity contribution in [2.75, 3.05) is 0 Å². The van der Waals surface area contributed by atoms with Gasteiger partial charge in [-0.2, -0.15) is 0 Å². The minimum absolute atomic E-state index is 0.569. The Morgan fingerprint density at radius 1 is 1.41 bits per heavy atom. The lowest BCUT2D eigenvalue weighted by Crippen LogP contribution is -2.25. The van der Waals surface area contributed by atoms with Crippen molar-refractivity contribution in [3.05, 3.63) is 33.6 Å². The number of thiophene rings is 1. The van der Waals surface area contributed by atoms with Crippen LogP contribution in [0.3, 0.4) is 0 Å². The Morgan fingerprint density at radius 3 is 2.76 bits per heavy atom. The molecule has 0 aliphatic heterocycles. The summed E-state index contributed by atoms with van der Waals surface area (Å²) in [6, 6.07) is 8.20. The second kappa shape index (κ2) is 4.42. The van der Waals surface area contributed by atoms with E-state index in [0.29, 0.717) is 6.42 Å². The van der Waals surface area contributed by atoms with E-state index < -0.39 is 11.4 Å². The molecule has 1 aromatic carbocycles. The molecule has 0 radical (unpaired) electrons. The van der Waals surface area contributed by atoms with E-state index in [-0.39, 0.29) is 0 Å². The normalized spacial score (nSPS) is 11.9. The summed E-state index contributed by atoms with van der Waals surface area (Å²) < 4.78 is 2.25. The molecule has 0 atom stereocenters. The number of hydrogen-bond donors (Lipinski definition) is 1. The van der Waals surface area contributed by atoms with Crippen LogP contribution in [-0.2, 0) is 11.2 Å². The van der Waals surface area contributed by atoms with Gasteiger partial charge in [-0.1, -0.05) is 15.9 Å². The molecule has 0 saturated heterocycles. The van der Waals surface area contributed by atoms with Gasteiger partial charge >= 0.3 is 5.97 Å². The highest BCUT2D eigenvalue weighted by atomic mass is 79.9. The summed E-state index contributed by atoms with van der Waals surface area (Å²) >= 11 is 5.10. The van der Waals surface area contributed by atoms with Crippen molar-refractivity contribution in [2.45, 2.75) is 20.3 Å². The average molecular weight is 313 g/mol. The molecule has 0 aliphatic carbocycles. The van der Waals surface area contributed by atoms with Crippen molar-refractivity contribution < 1.29 is 9.90 Å². The molecule has 1 N–H and O–H groups in total. The zero-order valence-corrected chi connectivity index (χ0v) is 12.1. The van der Waals surface area contributed by atoms with Gasteiger partial charge in [0, 0.05) is 14.0 Å². The Hall–Kier alpha value is -0.870. The lowest BCUT2D eigenvalue weighted by molar-refractivity contribution is -0.146. The standard InChI is InChI=1S/C13H13BrO2S/c1-13(2,12(15)16)7-10-6-8-5-9(14)3-4-11(8)17-10/h3-6H,7H2,1-2H3,(H,15,16). The van der Waals surface area contributed by atoms with Crippen molar-refractivity contribution in [3.63, 3.8) is 0 Å². The number of aliphatic carboxylic acids is 1. The van der Waals surface area contributed by atoms with Crippen LogP contribution in [0.4, 0.5) is 0 Å². The van der Waals surface area contributed by atoms with Gasteiger partial charge in [0.25, 0.3) is 0 Å². The number of carboxylic acids is 1. The number of hydrogen-bond acceptors (Lipinski definition) is 2. The molecule has 0 saturated carbocycles.